The number of carbonyl (C=O) groups is 2. The Morgan fingerprint density at radius 2 is 1.82 bits per heavy atom. The monoisotopic (exact) mass is 397 g/mol. The number of hydrogen-bond acceptors (Lipinski definition) is 6. The lowest BCUT2D eigenvalue weighted by Crippen LogP contribution is -2.30. The Bertz CT molecular complexity index is 1060. The van der Waals surface area contributed by atoms with Crippen LogP contribution in [0.1, 0.15) is 16.1 Å². The predicted molar refractivity (Wildman–Crippen MR) is 107 cm³/mol. The van der Waals surface area contributed by atoms with Crippen LogP contribution in [0, 0.1) is 0 Å². The third kappa shape index (κ3) is 4.61. The average Bonchev–Trinajstić information content (AvgIpc) is 2.72. The first-order chi connectivity index (χ1) is 13.5. The molecule has 0 bridgehead atoms. The molecule has 0 N–H and O–H groups in total. The molecule has 28 heavy (non-hydrogen) atoms. The van der Waals surface area contributed by atoms with Crippen molar-refractivity contribution in [2.45, 2.75) is 11.4 Å². The number of ether oxygens (including phenoxy) is 1. The third-order valence-electron chi connectivity index (χ3n) is 4.17. The number of amides is 1. The summed E-state index contributed by atoms with van der Waals surface area (Å²) < 4.78 is 10.4. The van der Waals surface area contributed by atoms with Crippen LogP contribution >= 0.6 is 11.8 Å². The highest BCUT2D eigenvalue weighted by atomic mass is 32.2. The maximum atomic E-state index is 12.2. The number of nitrogens with zero attached hydrogens (tertiary/aromatic N) is 1. The zero-order chi connectivity index (χ0) is 20.1. The zero-order valence-corrected chi connectivity index (χ0v) is 16.3. The highest BCUT2D eigenvalue weighted by Crippen LogP contribution is 2.16. The molecule has 0 aliphatic carbocycles. The van der Waals surface area contributed by atoms with Gasteiger partial charge in [0.1, 0.15) is 5.58 Å². The quantitative estimate of drug-likeness (QED) is 0.469. The van der Waals surface area contributed by atoms with Gasteiger partial charge < -0.3 is 14.1 Å². The van der Waals surface area contributed by atoms with Gasteiger partial charge in [0.25, 0.3) is 5.91 Å². The summed E-state index contributed by atoms with van der Waals surface area (Å²) in [6, 6.07) is 15.6. The number of esters is 1. The molecule has 2 aromatic carbocycles. The number of fused-ring (bicyclic) bond motifs is 1. The van der Waals surface area contributed by atoms with Crippen LogP contribution in [0.25, 0.3) is 11.0 Å². The molecule has 6 nitrogen and oxygen atoms in total. The van der Waals surface area contributed by atoms with E-state index in [0.717, 1.165) is 16.5 Å². The van der Waals surface area contributed by atoms with Gasteiger partial charge in [-0.2, -0.15) is 0 Å². The number of hydrogen-bond donors (Lipinski definition) is 0. The van der Waals surface area contributed by atoms with Crippen molar-refractivity contribution in [3.8, 4) is 0 Å². The molecule has 1 heterocycles. The second kappa shape index (κ2) is 8.75. The van der Waals surface area contributed by atoms with Gasteiger partial charge in [-0.1, -0.05) is 24.3 Å². The van der Waals surface area contributed by atoms with Gasteiger partial charge in [0.15, 0.2) is 12.0 Å². The molecule has 0 spiro atoms. The lowest BCUT2D eigenvalue weighted by molar-refractivity contribution is -0.133. The minimum Gasteiger partial charge on any atom is -0.450 e. The van der Waals surface area contributed by atoms with Gasteiger partial charge in [0.05, 0.1) is 5.39 Å². The first kappa shape index (κ1) is 19.7. The van der Waals surface area contributed by atoms with Crippen molar-refractivity contribution in [2.75, 3.05) is 19.9 Å². The lowest BCUT2D eigenvalue weighted by Gasteiger charge is -2.17. The van der Waals surface area contributed by atoms with Gasteiger partial charge >= 0.3 is 5.97 Å². The third-order valence-corrected chi connectivity index (χ3v) is 4.91. The molecule has 3 aromatic rings. The van der Waals surface area contributed by atoms with E-state index < -0.39 is 12.6 Å². The molecular formula is C21H19NO5S. The minimum absolute atomic E-state index is 0.230. The summed E-state index contributed by atoms with van der Waals surface area (Å²) >= 11 is 1.64. The molecule has 1 aromatic heterocycles. The molecule has 1 amide bonds. The molecule has 0 saturated heterocycles. The van der Waals surface area contributed by atoms with Gasteiger partial charge in [-0.05, 0) is 36.1 Å². The van der Waals surface area contributed by atoms with E-state index in [1.165, 1.54) is 4.90 Å². The number of thioether (sulfide) groups is 1. The molecule has 0 saturated carbocycles. The van der Waals surface area contributed by atoms with Crippen LogP contribution in [0.3, 0.4) is 0 Å². The SMILES string of the molecule is CSc1ccc(CN(C)C(=O)COC(=O)c2cc(=O)c3ccccc3o2)cc1. The Morgan fingerprint density at radius 1 is 1.11 bits per heavy atom. The van der Waals surface area contributed by atoms with Crippen molar-refractivity contribution in [1.82, 2.24) is 4.90 Å². The highest BCUT2D eigenvalue weighted by molar-refractivity contribution is 7.98. The first-order valence-corrected chi connectivity index (χ1v) is 9.77. The van der Waals surface area contributed by atoms with E-state index in [1.807, 2.05) is 30.5 Å². The van der Waals surface area contributed by atoms with E-state index in [-0.39, 0.29) is 17.1 Å². The second-order valence-corrected chi connectivity index (χ2v) is 7.02. The van der Waals surface area contributed by atoms with Crippen molar-refractivity contribution >= 4 is 34.6 Å². The Balaban J connectivity index is 1.60. The molecule has 0 fully saturated rings. The average molecular weight is 397 g/mol. The molecule has 0 aliphatic heterocycles. The standard InChI is InChI=1S/C21H19NO5S/c1-22(12-14-7-9-15(28-2)10-8-14)20(24)13-26-21(25)19-11-17(23)16-5-3-4-6-18(16)27-19/h3-11H,12-13H2,1-2H3. The summed E-state index contributed by atoms with van der Waals surface area (Å²) in [7, 11) is 1.63. The van der Waals surface area contributed by atoms with Crippen molar-refractivity contribution in [3.05, 3.63) is 76.1 Å². The summed E-state index contributed by atoms with van der Waals surface area (Å²) in [5.74, 6) is -1.44. The van der Waals surface area contributed by atoms with E-state index in [4.69, 9.17) is 9.15 Å². The number of benzene rings is 2. The van der Waals surface area contributed by atoms with Gasteiger partial charge in [-0.15, -0.1) is 11.8 Å². The van der Waals surface area contributed by atoms with Crippen LogP contribution in [0.4, 0.5) is 0 Å². The van der Waals surface area contributed by atoms with Gasteiger partial charge in [-0.3, -0.25) is 9.59 Å². The van der Waals surface area contributed by atoms with E-state index in [0.29, 0.717) is 17.5 Å². The van der Waals surface area contributed by atoms with Gasteiger partial charge in [0.2, 0.25) is 5.76 Å². The number of para-hydroxylation sites is 1. The molecule has 7 heteroatoms. The van der Waals surface area contributed by atoms with Crippen molar-refractivity contribution < 1.29 is 18.7 Å². The summed E-state index contributed by atoms with van der Waals surface area (Å²) in [6.45, 7) is -0.0368. The largest absolute Gasteiger partial charge is 0.450 e. The lowest BCUT2D eigenvalue weighted by atomic mass is 10.2. The van der Waals surface area contributed by atoms with E-state index in [9.17, 15) is 14.4 Å². The summed E-state index contributed by atoms with van der Waals surface area (Å²) in [5, 5.41) is 0.377. The molecule has 144 valence electrons. The Labute approximate surface area is 166 Å². The van der Waals surface area contributed by atoms with Crippen LogP contribution in [0.2, 0.25) is 0 Å². The summed E-state index contributed by atoms with van der Waals surface area (Å²) in [5.41, 5.74) is 0.922. The molecular weight excluding hydrogens is 378 g/mol. The molecule has 0 radical (unpaired) electrons. The maximum absolute atomic E-state index is 12.2. The topological polar surface area (TPSA) is 76.8 Å². The Hall–Kier alpha value is -3.06. The zero-order valence-electron chi connectivity index (χ0n) is 15.5. The smallest absolute Gasteiger partial charge is 0.374 e. The first-order valence-electron chi connectivity index (χ1n) is 8.55. The fourth-order valence-corrected chi connectivity index (χ4v) is 3.01. The molecule has 3 rings (SSSR count). The van der Waals surface area contributed by atoms with Gasteiger partial charge in [0, 0.05) is 24.6 Å². The van der Waals surface area contributed by atoms with Crippen LogP contribution in [0.15, 0.2) is 68.7 Å². The predicted octanol–water partition coefficient (Wildman–Crippen LogP) is 3.33. The fourth-order valence-electron chi connectivity index (χ4n) is 2.61. The minimum atomic E-state index is -0.853. The summed E-state index contributed by atoms with van der Waals surface area (Å²) in [4.78, 5) is 39.1. The van der Waals surface area contributed by atoms with Crippen LogP contribution in [0.5, 0.6) is 0 Å². The van der Waals surface area contributed by atoms with Crippen LogP contribution in [-0.2, 0) is 16.1 Å². The summed E-state index contributed by atoms with van der Waals surface area (Å²) in [6.07, 6.45) is 2.00. The number of carbonyl (C=O) groups excluding carboxylic acids is 2. The van der Waals surface area contributed by atoms with E-state index >= 15 is 0 Å². The Kier molecular flexibility index (Phi) is 6.16. The van der Waals surface area contributed by atoms with Crippen LogP contribution in [-0.4, -0.2) is 36.7 Å². The molecule has 0 atom stereocenters. The number of rotatable bonds is 6. The molecule has 0 aliphatic rings. The number of likely N-dealkylation sites (N-methyl/N-ethyl adjacent to an activating group) is 1. The normalized spacial score (nSPS) is 10.6. The second-order valence-electron chi connectivity index (χ2n) is 6.15. The van der Waals surface area contributed by atoms with Crippen molar-refractivity contribution in [1.29, 1.82) is 0 Å². The Morgan fingerprint density at radius 3 is 2.54 bits per heavy atom. The van der Waals surface area contributed by atoms with E-state index in [1.54, 1.807) is 43.1 Å². The highest BCUT2D eigenvalue weighted by Gasteiger charge is 2.17. The fraction of sp³-hybridized carbons (Fsp3) is 0.190. The van der Waals surface area contributed by atoms with Crippen molar-refractivity contribution in [2.24, 2.45) is 0 Å². The maximum Gasteiger partial charge on any atom is 0.374 e. The van der Waals surface area contributed by atoms with Crippen LogP contribution < -0.4 is 5.43 Å². The van der Waals surface area contributed by atoms with Gasteiger partial charge in [-0.25, -0.2) is 4.79 Å². The van der Waals surface area contributed by atoms with Crippen molar-refractivity contribution in [3.63, 3.8) is 0 Å². The van der Waals surface area contributed by atoms with E-state index in [2.05, 4.69) is 0 Å². The molecule has 0 unspecified atom stereocenters.